The first-order valence-corrected chi connectivity index (χ1v) is 13.2. The summed E-state index contributed by atoms with van der Waals surface area (Å²) in [5, 5.41) is 1.09. The molecule has 0 bridgehead atoms. The fraction of sp³-hybridized carbons (Fsp3) is 0.323. The summed E-state index contributed by atoms with van der Waals surface area (Å²) in [6.45, 7) is 15.8. The average molecular weight is 491 g/mol. The van der Waals surface area contributed by atoms with Crippen LogP contribution in [0.5, 0.6) is 0 Å². The van der Waals surface area contributed by atoms with E-state index in [9.17, 15) is 0 Å². The molecule has 188 valence electrons. The number of pyridine rings is 1. The van der Waals surface area contributed by atoms with Gasteiger partial charge >= 0.3 is 0 Å². The first-order chi connectivity index (χ1) is 17.9. The smallest absolute Gasteiger partial charge is 0.160 e. The molecule has 1 aliphatic carbocycles. The molecule has 5 heterocycles. The highest BCUT2D eigenvalue weighted by Crippen LogP contribution is 2.42. The lowest BCUT2D eigenvalue weighted by Crippen LogP contribution is -2.24. The Morgan fingerprint density at radius 1 is 1.16 bits per heavy atom. The zero-order valence-corrected chi connectivity index (χ0v) is 22.0. The number of aromatic nitrogens is 5. The Morgan fingerprint density at radius 3 is 2.76 bits per heavy atom. The summed E-state index contributed by atoms with van der Waals surface area (Å²) < 4.78 is 2.27. The number of nitrogens with one attached hydrogen (secondary N) is 1. The standard InChI is InChI=1S/C31H34N6/c1-6-8-16-36-19-25(22-11-14-32-28(22)20(36)3)27-18-26(21-9-10-21)34-29(35-27)23-12-15-33-30-24(23)13-17-37(30)31(4,5)7-2/h6,11-15,17-19,21,32H,1,3,7-10,16H2,2,4-5H3. The fourth-order valence-electron chi connectivity index (χ4n) is 5.12. The lowest BCUT2D eigenvalue weighted by Gasteiger charge is -2.29. The molecule has 0 saturated heterocycles. The van der Waals surface area contributed by atoms with Crippen molar-refractivity contribution in [2.75, 3.05) is 6.54 Å². The minimum absolute atomic E-state index is 0.0237. The molecule has 2 aliphatic rings. The van der Waals surface area contributed by atoms with Crippen LogP contribution < -0.4 is 0 Å². The lowest BCUT2D eigenvalue weighted by molar-refractivity contribution is 0.352. The Labute approximate surface area is 218 Å². The molecule has 0 spiro atoms. The molecule has 1 fully saturated rings. The van der Waals surface area contributed by atoms with E-state index in [1.807, 2.05) is 18.5 Å². The van der Waals surface area contributed by atoms with E-state index in [1.54, 1.807) is 0 Å². The molecule has 4 aromatic rings. The van der Waals surface area contributed by atoms with Crippen LogP contribution in [-0.4, -0.2) is 35.9 Å². The van der Waals surface area contributed by atoms with E-state index in [4.69, 9.17) is 15.0 Å². The summed E-state index contributed by atoms with van der Waals surface area (Å²) in [4.78, 5) is 20.6. The summed E-state index contributed by atoms with van der Waals surface area (Å²) in [5.41, 5.74) is 8.28. The minimum Gasteiger partial charge on any atom is -0.359 e. The fourth-order valence-corrected chi connectivity index (χ4v) is 5.12. The summed E-state index contributed by atoms with van der Waals surface area (Å²) in [6, 6.07) is 8.52. The van der Waals surface area contributed by atoms with E-state index in [2.05, 4.69) is 85.0 Å². The van der Waals surface area contributed by atoms with Crippen molar-refractivity contribution in [2.45, 2.75) is 57.9 Å². The highest BCUT2D eigenvalue weighted by atomic mass is 15.1. The second-order valence-corrected chi connectivity index (χ2v) is 10.8. The first-order valence-electron chi connectivity index (χ1n) is 13.2. The largest absolute Gasteiger partial charge is 0.359 e. The molecule has 0 radical (unpaired) electrons. The molecule has 6 rings (SSSR count). The van der Waals surface area contributed by atoms with Crippen LogP contribution in [0.25, 0.3) is 33.7 Å². The molecule has 37 heavy (non-hydrogen) atoms. The molecule has 6 nitrogen and oxygen atoms in total. The number of hydrogen-bond acceptors (Lipinski definition) is 4. The summed E-state index contributed by atoms with van der Waals surface area (Å²) in [5.74, 6) is 1.27. The van der Waals surface area contributed by atoms with E-state index in [-0.39, 0.29) is 5.54 Å². The van der Waals surface area contributed by atoms with Gasteiger partial charge in [-0.15, -0.1) is 6.58 Å². The number of H-pyrrole nitrogens is 1. The Balaban J connectivity index is 1.52. The third-order valence-corrected chi connectivity index (χ3v) is 7.89. The van der Waals surface area contributed by atoms with Gasteiger partial charge in [0.25, 0.3) is 0 Å². The average Bonchev–Trinajstić information content (AvgIpc) is 3.47. The molecule has 1 N–H and O–H groups in total. The maximum absolute atomic E-state index is 5.19. The Morgan fingerprint density at radius 2 is 2.00 bits per heavy atom. The van der Waals surface area contributed by atoms with E-state index in [0.717, 1.165) is 75.7 Å². The van der Waals surface area contributed by atoms with Gasteiger partial charge in [0.15, 0.2) is 5.82 Å². The Hall–Kier alpha value is -3.93. The van der Waals surface area contributed by atoms with E-state index >= 15 is 0 Å². The number of nitrogens with zero attached hydrogens (tertiary/aromatic N) is 5. The highest BCUT2D eigenvalue weighted by Gasteiger charge is 2.30. The third-order valence-electron chi connectivity index (χ3n) is 7.89. The van der Waals surface area contributed by atoms with E-state index < -0.39 is 0 Å². The molecular weight excluding hydrogens is 456 g/mol. The van der Waals surface area contributed by atoms with Gasteiger partial charge in [-0.3, -0.25) is 0 Å². The minimum atomic E-state index is -0.0237. The maximum atomic E-state index is 5.19. The molecule has 0 atom stereocenters. The zero-order chi connectivity index (χ0) is 25.7. The number of hydrogen-bond donors (Lipinski definition) is 1. The summed E-state index contributed by atoms with van der Waals surface area (Å²) in [7, 11) is 0. The molecular formula is C31H34N6. The van der Waals surface area contributed by atoms with E-state index in [0.29, 0.717) is 5.92 Å². The lowest BCUT2D eigenvalue weighted by atomic mass is 9.97. The van der Waals surface area contributed by atoms with Gasteiger partial charge < -0.3 is 14.5 Å². The molecule has 0 amide bonds. The van der Waals surface area contributed by atoms with E-state index in [1.165, 1.54) is 12.8 Å². The topological polar surface area (TPSA) is 62.6 Å². The highest BCUT2D eigenvalue weighted by molar-refractivity contribution is 5.93. The van der Waals surface area contributed by atoms with Gasteiger partial charge in [0.05, 0.1) is 17.1 Å². The molecule has 0 unspecified atom stereocenters. The van der Waals surface area contributed by atoms with Gasteiger partial charge in [0.1, 0.15) is 5.65 Å². The number of aromatic amines is 1. The van der Waals surface area contributed by atoms with Gasteiger partial charge in [-0.1, -0.05) is 19.6 Å². The van der Waals surface area contributed by atoms with Crippen molar-refractivity contribution in [1.29, 1.82) is 0 Å². The van der Waals surface area contributed by atoms with Crippen molar-refractivity contribution in [3.05, 3.63) is 90.9 Å². The van der Waals surface area contributed by atoms with Gasteiger partial charge in [0.2, 0.25) is 0 Å². The van der Waals surface area contributed by atoms with Crippen LogP contribution >= 0.6 is 0 Å². The van der Waals surface area contributed by atoms with Crippen LogP contribution in [-0.2, 0) is 5.54 Å². The van der Waals surface area contributed by atoms with Crippen molar-refractivity contribution in [3.8, 4) is 11.4 Å². The van der Waals surface area contributed by atoms with Gasteiger partial charge in [-0.05, 0) is 63.8 Å². The van der Waals surface area contributed by atoms with Gasteiger partial charge in [-0.2, -0.15) is 0 Å². The predicted molar refractivity (Wildman–Crippen MR) is 151 cm³/mol. The Bertz CT molecular complexity index is 1540. The van der Waals surface area contributed by atoms with Crippen LogP contribution in [0, 0.1) is 0 Å². The third kappa shape index (κ3) is 4.01. The van der Waals surface area contributed by atoms with Crippen molar-refractivity contribution < 1.29 is 0 Å². The van der Waals surface area contributed by atoms with Crippen LogP contribution in [0.1, 0.15) is 75.0 Å². The monoisotopic (exact) mass is 490 g/mol. The van der Waals surface area contributed by atoms with Gasteiger partial charge in [-0.25, -0.2) is 15.0 Å². The van der Waals surface area contributed by atoms with Crippen molar-refractivity contribution >= 4 is 22.3 Å². The van der Waals surface area contributed by atoms with Crippen molar-refractivity contribution in [2.24, 2.45) is 0 Å². The zero-order valence-electron chi connectivity index (χ0n) is 22.0. The second kappa shape index (κ2) is 8.87. The van der Waals surface area contributed by atoms with Crippen LogP contribution in [0.2, 0.25) is 0 Å². The molecule has 1 aliphatic heterocycles. The van der Waals surface area contributed by atoms with Crippen molar-refractivity contribution in [1.82, 2.24) is 29.4 Å². The SMILES string of the molecule is C=CCCN1C=C(c2cc(C3CC3)nc(-c3ccnc4c3ccn4C(C)(C)CC)n2)c2cc[nH]c2C1=C. The second-order valence-electron chi connectivity index (χ2n) is 10.8. The van der Waals surface area contributed by atoms with Gasteiger partial charge in [0, 0.05) is 70.6 Å². The molecule has 4 aromatic heterocycles. The predicted octanol–water partition coefficient (Wildman–Crippen LogP) is 7.10. The normalized spacial score (nSPS) is 15.7. The summed E-state index contributed by atoms with van der Waals surface area (Å²) >= 11 is 0. The quantitative estimate of drug-likeness (QED) is 0.268. The van der Waals surface area contributed by atoms with Crippen LogP contribution in [0.3, 0.4) is 0 Å². The van der Waals surface area contributed by atoms with Crippen LogP contribution in [0.4, 0.5) is 0 Å². The summed E-state index contributed by atoms with van der Waals surface area (Å²) in [6.07, 6.45) is 14.4. The van der Waals surface area contributed by atoms with Crippen molar-refractivity contribution in [3.63, 3.8) is 0 Å². The first kappa shape index (κ1) is 23.5. The molecule has 0 aromatic carbocycles. The number of fused-ring (bicyclic) bond motifs is 2. The molecule has 1 saturated carbocycles. The Kier molecular flexibility index (Phi) is 5.63. The number of rotatable bonds is 8. The van der Waals surface area contributed by atoms with Crippen LogP contribution in [0.15, 0.2) is 68.3 Å². The molecule has 6 heteroatoms. The maximum Gasteiger partial charge on any atom is 0.160 e.